The van der Waals surface area contributed by atoms with Gasteiger partial charge in [-0.1, -0.05) is 36.7 Å². The summed E-state index contributed by atoms with van der Waals surface area (Å²) < 4.78 is 9.28. The molecule has 0 aromatic heterocycles. The van der Waals surface area contributed by atoms with Gasteiger partial charge in [0.05, 0.1) is 26.3 Å². The molecule has 0 heterocycles. The van der Waals surface area contributed by atoms with E-state index in [4.69, 9.17) is 24.2 Å². The van der Waals surface area contributed by atoms with Crippen molar-refractivity contribution in [3.63, 3.8) is 0 Å². The number of hydrogen-bond acceptors (Lipinski definition) is 11. The predicted molar refractivity (Wildman–Crippen MR) is 162 cm³/mol. The summed E-state index contributed by atoms with van der Waals surface area (Å²) in [4.78, 5) is 58.8. The Balaban J connectivity index is -0.0000000367. The Bertz CT molecular complexity index is 486. The van der Waals surface area contributed by atoms with Gasteiger partial charge in [-0.05, 0) is 73.9 Å². The number of ether oxygens (including phenoxy) is 2. The monoisotopic (exact) mass is 628 g/mol. The quantitative estimate of drug-likeness (QED) is 0.227. The maximum Gasteiger partial charge on any atom is 0.320 e. The first-order valence-corrected chi connectivity index (χ1v) is 13.2. The van der Waals surface area contributed by atoms with Gasteiger partial charge < -0.3 is 34.3 Å². The molecule has 0 spiro atoms. The van der Waals surface area contributed by atoms with Crippen LogP contribution in [0.15, 0.2) is 0 Å². The van der Waals surface area contributed by atoms with Crippen molar-refractivity contribution in [1.82, 2.24) is 15.1 Å². The van der Waals surface area contributed by atoms with E-state index in [1.807, 2.05) is 53.2 Å². The Labute approximate surface area is 243 Å². The summed E-state index contributed by atoms with van der Waals surface area (Å²) in [5, 5.41) is 11.6. The highest BCUT2D eigenvalue weighted by atomic mass is 79.9. The second kappa shape index (κ2) is 55.3. The van der Waals surface area contributed by atoms with Gasteiger partial charge >= 0.3 is 17.9 Å². The van der Waals surface area contributed by atoms with Crippen molar-refractivity contribution in [1.29, 1.82) is 0 Å². The first-order chi connectivity index (χ1) is 18.1. The molecule has 0 aromatic rings. The molecule has 0 fully saturated rings. The van der Waals surface area contributed by atoms with Gasteiger partial charge in [0.15, 0.2) is 0 Å². The third kappa shape index (κ3) is 76.5. The fourth-order valence-electron chi connectivity index (χ4n) is 2.03. The topological polar surface area (TPSA) is 160 Å². The first-order valence-electron chi connectivity index (χ1n) is 12.1. The Morgan fingerprint density at radius 2 is 1.13 bits per heavy atom. The Kier molecular flexibility index (Phi) is 76.1. The average molecular weight is 630 g/mol. The number of likely N-dealkylation sites (N-methyl/N-ethyl adjacent to an activating group) is 2. The smallest absolute Gasteiger partial charge is 0.320 e. The molecule has 0 bridgehead atoms. The number of aliphatic carboxylic acids is 1. The predicted octanol–water partition coefficient (Wildman–Crippen LogP) is 3.05. The minimum absolute atomic E-state index is 0. The molecule has 38 heavy (non-hydrogen) atoms. The lowest BCUT2D eigenvalue weighted by atomic mass is 10.4. The molecule has 0 radical (unpaired) electrons. The summed E-state index contributed by atoms with van der Waals surface area (Å²) in [6.07, 6.45) is 3.30. The van der Waals surface area contributed by atoms with Gasteiger partial charge in [-0.2, -0.15) is 0 Å². The Morgan fingerprint density at radius 1 is 0.763 bits per heavy atom. The fraction of sp³-hybridized carbons (Fsp3) is 0.760. The molecule has 0 atom stereocenters. The van der Waals surface area contributed by atoms with E-state index in [1.54, 1.807) is 18.9 Å². The zero-order valence-corrected chi connectivity index (χ0v) is 26.5. The molecule has 0 saturated heterocycles. The summed E-state index contributed by atoms with van der Waals surface area (Å²) in [5.41, 5.74) is 0. The van der Waals surface area contributed by atoms with Gasteiger partial charge in [0.1, 0.15) is 25.7 Å². The zero-order chi connectivity index (χ0) is 31.8. The summed E-state index contributed by atoms with van der Waals surface area (Å²) in [6.45, 7) is 20.3. The number of carboxylic acid groups (broad SMARTS) is 1. The van der Waals surface area contributed by atoms with Crippen LogP contribution in [-0.4, -0.2) is 126 Å². The van der Waals surface area contributed by atoms with E-state index in [1.165, 1.54) is 6.42 Å². The van der Waals surface area contributed by atoms with Crippen LogP contribution in [0.4, 0.5) is 0 Å². The number of alkyl halides is 1. The lowest BCUT2D eigenvalue weighted by Gasteiger charge is -2.13. The summed E-state index contributed by atoms with van der Waals surface area (Å²) in [6, 6.07) is 0. The molecule has 0 amide bonds. The second-order valence-electron chi connectivity index (χ2n) is 6.72. The molecule has 0 aliphatic rings. The highest BCUT2D eigenvalue weighted by Crippen LogP contribution is 1.88. The van der Waals surface area contributed by atoms with Crippen LogP contribution < -0.4 is 5.32 Å². The van der Waals surface area contributed by atoms with Gasteiger partial charge in [-0.15, -0.1) is 0 Å². The third-order valence-corrected chi connectivity index (χ3v) is 3.69. The number of nitrogens with one attached hydrogen (secondary N) is 1. The number of esters is 2. The van der Waals surface area contributed by atoms with Crippen molar-refractivity contribution in [3.05, 3.63) is 0 Å². The molecule has 12 nitrogen and oxygen atoms in total. The highest BCUT2D eigenvalue weighted by Gasteiger charge is 2.04. The maximum atomic E-state index is 10.9. The van der Waals surface area contributed by atoms with Crippen molar-refractivity contribution in [2.45, 2.75) is 53.9 Å². The van der Waals surface area contributed by atoms with Gasteiger partial charge in [-0.3, -0.25) is 24.2 Å². The SMILES string of the molecule is C=O.C=O.C=O.CCCN(C)CC(=O)O.CCCN(C)CC(=O)OCC.CCCNC.CCOC(=O)CBr.[2HH].[2HH].[2HH]. The number of carbonyl (C=O) groups excluding carboxylic acids is 5. The van der Waals surface area contributed by atoms with Gasteiger partial charge in [-0.25, -0.2) is 0 Å². The molecular weight excluding hydrogens is 566 g/mol. The van der Waals surface area contributed by atoms with E-state index in [2.05, 4.69) is 39.8 Å². The molecule has 0 aliphatic heterocycles. The minimum atomic E-state index is -0.758. The van der Waals surface area contributed by atoms with Crippen LogP contribution >= 0.6 is 15.9 Å². The number of rotatable bonds is 13. The fourth-order valence-corrected chi connectivity index (χ4v) is 2.19. The van der Waals surface area contributed by atoms with Crippen LogP contribution in [0.2, 0.25) is 0 Å². The van der Waals surface area contributed by atoms with Gasteiger partial charge in [0.2, 0.25) is 0 Å². The normalized spacial score (nSPS) is 8.29. The number of halogens is 1. The van der Waals surface area contributed by atoms with Crippen molar-refractivity contribution in [2.75, 3.05) is 72.4 Å². The first kappa shape index (κ1) is 52.3. The van der Waals surface area contributed by atoms with E-state index in [0.717, 1.165) is 32.5 Å². The largest absolute Gasteiger partial charge is 0.480 e. The molecule has 0 unspecified atom stereocenters. The summed E-state index contributed by atoms with van der Waals surface area (Å²) in [7, 11) is 5.68. The van der Waals surface area contributed by atoms with Crippen molar-refractivity contribution in [2.24, 2.45) is 0 Å². The van der Waals surface area contributed by atoms with Gasteiger partial charge in [0, 0.05) is 4.28 Å². The zero-order valence-electron chi connectivity index (χ0n) is 24.9. The summed E-state index contributed by atoms with van der Waals surface area (Å²) >= 11 is 2.94. The van der Waals surface area contributed by atoms with Crippen LogP contribution in [-0.2, 0) is 38.2 Å². The molecule has 0 aromatic carbocycles. The van der Waals surface area contributed by atoms with Crippen LogP contribution in [0.5, 0.6) is 0 Å². The number of carboxylic acids is 1. The van der Waals surface area contributed by atoms with Crippen LogP contribution in [0.3, 0.4) is 0 Å². The molecule has 0 rings (SSSR count). The third-order valence-electron chi connectivity index (χ3n) is 3.23. The van der Waals surface area contributed by atoms with Crippen LogP contribution in [0, 0.1) is 0 Å². The molecule has 2 N–H and O–H groups in total. The number of nitrogens with zero attached hydrogens (tertiary/aromatic N) is 2. The molecular formula is C25H60BrN3O9. The van der Waals surface area contributed by atoms with E-state index in [-0.39, 0.29) is 22.8 Å². The van der Waals surface area contributed by atoms with E-state index >= 15 is 0 Å². The molecule has 236 valence electrons. The Hall–Kier alpha value is -2.22. The van der Waals surface area contributed by atoms with Crippen molar-refractivity contribution >= 4 is 54.2 Å². The van der Waals surface area contributed by atoms with Gasteiger partial charge in [0.25, 0.3) is 0 Å². The molecule has 0 saturated carbocycles. The minimum Gasteiger partial charge on any atom is -0.480 e. The summed E-state index contributed by atoms with van der Waals surface area (Å²) in [5.74, 6) is -1.10. The standard InChI is InChI=1S/C8H17NO2.C6H13NO2.C4H7BrO2.C4H11N.3CH2O.3H2/c1-4-6-9(3)7-8(10)11-5-2;1-3-4-7(2)5-6(8)9;1-2-7-4(6)3-5;1-3-4-5-2;3*1-2;;;/h4-7H2,1-3H3;3-5H2,1-2H3,(H,8,9);2-3H2,1H3;5H,3-4H2,1-2H3;3*1H2;3*1H/i;;;;;;;3*1+1. The molecule has 0 aliphatic carbocycles. The maximum absolute atomic E-state index is 10.9. The number of carbonyl (C=O) groups is 6. The lowest BCUT2D eigenvalue weighted by molar-refractivity contribution is -0.144. The number of hydrogen-bond donors (Lipinski definition) is 2. The van der Waals surface area contributed by atoms with Crippen LogP contribution in [0.1, 0.15) is 58.2 Å². The molecule has 13 heteroatoms. The Morgan fingerprint density at radius 3 is 1.34 bits per heavy atom. The van der Waals surface area contributed by atoms with Crippen molar-refractivity contribution < 1.29 is 47.6 Å². The second-order valence-corrected chi connectivity index (χ2v) is 7.28. The van der Waals surface area contributed by atoms with E-state index in [0.29, 0.717) is 25.1 Å². The highest BCUT2D eigenvalue weighted by molar-refractivity contribution is 9.09. The van der Waals surface area contributed by atoms with Crippen LogP contribution in [0.25, 0.3) is 0 Å². The lowest BCUT2D eigenvalue weighted by Crippen LogP contribution is -2.27. The van der Waals surface area contributed by atoms with E-state index < -0.39 is 5.97 Å². The average Bonchev–Trinajstić information content (AvgIpc) is 2.89. The van der Waals surface area contributed by atoms with Crippen molar-refractivity contribution in [3.8, 4) is 0 Å². The van der Waals surface area contributed by atoms with E-state index in [9.17, 15) is 14.4 Å².